The van der Waals surface area contributed by atoms with Crippen LogP contribution in [0.2, 0.25) is 0 Å². The molecule has 0 atom stereocenters. The summed E-state index contributed by atoms with van der Waals surface area (Å²) >= 11 is 0. The molecule has 0 saturated heterocycles. The van der Waals surface area contributed by atoms with Crippen LogP contribution in [0.4, 0.5) is 5.82 Å². The van der Waals surface area contributed by atoms with Crippen molar-refractivity contribution in [3.8, 4) is 11.4 Å². The summed E-state index contributed by atoms with van der Waals surface area (Å²) in [6.07, 6.45) is 4.98. The summed E-state index contributed by atoms with van der Waals surface area (Å²) in [5.74, 6) is 1.96. The normalized spacial score (nSPS) is 10.9. The molecule has 0 spiro atoms. The number of rotatable bonds is 3. The van der Waals surface area contributed by atoms with Crippen LogP contribution in [0.15, 0.2) is 23.7 Å². The fourth-order valence-electron chi connectivity index (χ4n) is 2.07. The molecule has 0 saturated carbocycles. The van der Waals surface area contributed by atoms with Crippen LogP contribution in [0, 0.1) is 6.92 Å². The molecule has 0 bridgehead atoms. The first-order chi connectivity index (χ1) is 9.74. The second-order valence-corrected chi connectivity index (χ2v) is 4.23. The fraction of sp³-hybridized carbons (Fsp3) is 0.231. The second-order valence-electron chi connectivity index (χ2n) is 4.23. The van der Waals surface area contributed by atoms with Crippen molar-refractivity contribution in [1.82, 2.24) is 29.5 Å². The number of aliphatic imine (C=N–C) groups is 1. The Morgan fingerprint density at radius 2 is 1.95 bits per heavy atom. The molecular formula is C13H13N7. The van der Waals surface area contributed by atoms with E-state index in [0.717, 1.165) is 29.4 Å². The summed E-state index contributed by atoms with van der Waals surface area (Å²) in [7, 11) is 0. The van der Waals surface area contributed by atoms with Gasteiger partial charge in [0.15, 0.2) is 17.0 Å². The topological polar surface area (TPSA) is 81.7 Å². The molecule has 0 aliphatic carbocycles. The van der Waals surface area contributed by atoms with Gasteiger partial charge in [0.05, 0.1) is 5.56 Å². The molecule has 7 nitrogen and oxygen atoms in total. The molecular weight excluding hydrogens is 254 g/mol. The Morgan fingerprint density at radius 3 is 2.60 bits per heavy atom. The lowest BCUT2D eigenvalue weighted by atomic mass is 10.3. The van der Waals surface area contributed by atoms with E-state index >= 15 is 0 Å². The Kier molecular flexibility index (Phi) is 2.94. The van der Waals surface area contributed by atoms with E-state index in [9.17, 15) is 0 Å². The molecule has 0 N–H and O–H groups in total. The molecule has 0 unspecified atom stereocenters. The lowest BCUT2D eigenvalue weighted by Crippen LogP contribution is -2.00. The third-order valence-corrected chi connectivity index (χ3v) is 3.02. The molecule has 0 aliphatic rings. The molecule has 3 aromatic rings. The van der Waals surface area contributed by atoms with E-state index in [1.165, 1.54) is 6.33 Å². The quantitative estimate of drug-likeness (QED) is 0.677. The summed E-state index contributed by atoms with van der Waals surface area (Å²) in [4.78, 5) is 25.2. The third kappa shape index (κ3) is 1.83. The van der Waals surface area contributed by atoms with E-state index in [1.807, 2.05) is 18.4 Å². The van der Waals surface area contributed by atoms with Gasteiger partial charge in [-0.25, -0.2) is 29.9 Å². The van der Waals surface area contributed by atoms with E-state index in [-0.39, 0.29) is 0 Å². The van der Waals surface area contributed by atoms with Gasteiger partial charge in [0.25, 0.3) is 0 Å². The predicted octanol–water partition coefficient (Wildman–Crippen LogP) is 1.94. The highest BCUT2D eigenvalue weighted by Crippen LogP contribution is 2.26. The van der Waals surface area contributed by atoms with Crippen molar-refractivity contribution >= 4 is 23.7 Å². The summed E-state index contributed by atoms with van der Waals surface area (Å²) in [6, 6.07) is 0. The molecule has 7 heteroatoms. The number of nitrogens with zero attached hydrogens (tertiary/aromatic N) is 7. The maximum absolute atomic E-state index is 4.58. The van der Waals surface area contributed by atoms with Crippen LogP contribution in [-0.4, -0.2) is 36.2 Å². The third-order valence-electron chi connectivity index (χ3n) is 3.02. The maximum Gasteiger partial charge on any atom is 0.182 e. The largest absolute Gasteiger partial charge is 0.309 e. The van der Waals surface area contributed by atoms with Crippen LogP contribution in [-0.2, 0) is 6.54 Å². The van der Waals surface area contributed by atoms with Gasteiger partial charge in [-0.3, -0.25) is 0 Å². The molecule has 3 heterocycles. The average Bonchev–Trinajstić information content (AvgIpc) is 2.86. The van der Waals surface area contributed by atoms with Gasteiger partial charge < -0.3 is 4.57 Å². The zero-order chi connectivity index (χ0) is 14.1. The molecule has 3 rings (SSSR count). The molecule has 3 aromatic heterocycles. The predicted molar refractivity (Wildman–Crippen MR) is 76.0 cm³/mol. The molecule has 20 heavy (non-hydrogen) atoms. The minimum Gasteiger partial charge on any atom is -0.309 e. The van der Waals surface area contributed by atoms with Gasteiger partial charge in [-0.05, 0) is 20.6 Å². The van der Waals surface area contributed by atoms with Gasteiger partial charge in [-0.1, -0.05) is 0 Å². The minimum absolute atomic E-state index is 0.483. The van der Waals surface area contributed by atoms with Gasteiger partial charge in [0.2, 0.25) is 0 Å². The average molecular weight is 267 g/mol. The van der Waals surface area contributed by atoms with Crippen molar-refractivity contribution in [3.63, 3.8) is 0 Å². The SMILES string of the molecule is C=Nc1ncnc2c1nc(-c1cnc(C)nc1)n2CC. The van der Waals surface area contributed by atoms with Crippen LogP contribution in [0.25, 0.3) is 22.6 Å². The lowest BCUT2D eigenvalue weighted by molar-refractivity contribution is 0.785. The van der Waals surface area contributed by atoms with Crippen LogP contribution in [0.3, 0.4) is 0 Å². The summed E-state index contributed by atoms with van der Waals surface area (Å²) in [6.45, 7) is 8.12. The van der Waals surface area contributed by atoms with Crippen molar-refractivity contribution in [2.45, 2.75) is 20.4 Å². The molecule has 100 valence electrons. The number of fused-ring (bicyclic) bond motifs is 1. The first-order valence-electron chi connectivity index (χ1n) is 6.21. The van der Waals surface area contributed by atoms with Crippen molar-refractivity contribution in [3.05, 3.63) is 24.5 Å². The standard InChI is InChI=1S/C13H13N7/c1-4-20-12(9-5-15-8(2)16-6-9)19-10-11(14-3)17-7-18-13(10)20/h5-7H,3-4H2,1-2H3. The van der Waals surface area contributed by atoms with E-state index in [0.29, 0.717) is 11.3 Å². The number of hydrogen-bond donors (Lipinski definition) is 0. The van der Waals surface area contributed by atoms with E-state index in [4.69, 9.17) is 0 Å². The first kappa shape index (κ1) is 12.3. The number of aryl methyl sites for hydroxylation is 2. The van der Waals surface area contributed by atoms with Crippen molar-refractivity contribution in [2.24, 2.45) is 4.99 Å². The Balaban J connectivity index is 2.30. The summed E-state index contributed by atoms with van der Waals surface area (Å²) < 4.78 is 1.99. The second kappa shape index (κ2) is 4.76. The highest BCUT2D eigenvalue weighted by Gasteiger charge is 2.16. The van der Waals surface area contributed by atoms with Crippen molar-refractivity contribution in [1.29, 1.82) is 0 Å². The Morgan fingerprint density at radius 1 is 1.20 bits per heavy atom. The van der Waals surface area contributed by atoms with Crippen molar-refractivity contribution < 1.29 is 0 Å². The highest BCUT2D eigenvalue weighted by atomic mass is 15.2. The smallest absolute Gasteiger partial charge is 0.182 e. The van der Waals surface area contributed by atoms with E-state index < -0.39 is 0 Å². The highest BCUT2D eigenvalue weighted by molar-refractivity contribution is 5.85. The summed E-state index contributed by atoms with van der Waals surface area (Å²) in [5.41, 5.74) is 2.21. The Bertz CT molecular complexity index is 773. The van der Waals surface area contributed by atoms with Gasteiger partial charge in [-0.2, -0.15) is 0 Å². The fourth-order valence-corrected chi connectivity index (χ4v) is 2.07. The number of aromatic nitrogens is 6. The van der Waals surface area contributed by atoms with Gasteiger partial charge in [0, 0.05) is 18.9 Å². The van der Waals surface area contributed by atoms with Gasteiger partial charge in [0.1, 0.15) is 18.0 Å². The molecule has 0 radical (unpaired) electrons. The number of imidazole rings is 1. The minimum atomic E-state index is 0.483. The van der Waals surface area contributed by atoms with Crippen LogP contribution in [0.5, 0.6) is 0 Å². The van der Waals surface area contributed by atoms with Gasteiger partial charge >= 0.3 is 0 Å². The molecule has 0 aromatic carbocycles. The van der Waals surface area contributed by atoms with Gasteiger partial charge in [-0.15, -0.1) is 0 Å². The van der Waals surface area contributed by atoms with E-state index in [1.54, 1.807) is 12.4 Å². The first-order valence-corrected chi connectivity index (χ1v) is 6.21. The van der Waals surface area contributed by atoms with Crippen molar-refractivity contribution in [2.75, 3.05) is 0 Å². The Hall–Kier alpha value is -2.70. The van der Waals surface area contributed by atoms with E-state index in [2.05, 4.69) is 36.6 Å². The monoisotopic (exact) mass is 267 g/mol. The molecule has 0 fully saturated rings. The maximum atomic E-state index is 4.58. The van der Waals surface area contributed by atoms with Crippen LogP contribution >= 0.6 is 0 Å². The lowest BCUT2D eigenvalue weighted by Gasteiger charge is -2.04. The molecule has 0 aliphatic heterocycles. The molecule has 0 amide bonds. The number of hydrogen-bond acceptors (Lipinski definition) is 6. The zero-order valence-corrected chi connectivity index (χ0v) is 11.3. The summed E-state index contributed by atoms with van der Waals surface area (Å²) in [5, 5.41) is 0. The van der Waals surface area contributed by atoms with Crippen LogP contribution < -0.4 is 0 Å². The van der Waals surface area contributed by atoms with Crippen LogP contribution in [0.1, 0.15) is 12.7 Å². The zero-order valence-electron chi connectivity index (χ0n) is 11.3. The Labute approximate surface area is 115 Å².